The maximum Gasteiger partial charge on any atom is 0.402 e. The van der Waals surface area contributed by atoms with E-state index in [2.05, 4.69) is 0 Å². The first kappa shape index (κ1) is 17.1. The number of hydrogen-bond donors (Lipinski definition) is 2. The lowest BCUT2D eigenvalue weighted by Crippen LogP contribution is -2.54. The molecule has 1 rings (SSSR count). The molecule has 114 valence electrons. The first-order valence-electron chi connectivity index (χ1n) is 5.39. The van der Waals surface area contributed by atoms with E-state index in [0.29, 0.717) is 0 Å². The van der Waals surface area contributed by atoms with Crippen LogP contribution in [0.5, 0.6) is 0 Å². The Morgan fingerprint density at radius 1 is 1.10 bits per heavy atom. The predicted octanol–water partition coefficient (Wildman–Crippen LogP) is 3.46. The van der Waals surface area contributed by atoms with Crippen molar-refractivity contribution < 1.29 is 26.3 Å². The van der Waals surface area contributed by atoms with E-state index in [9.17, 15) is 26.3 Å². The summed E-state index contributed by atoms with van der Waals surface area (Å²) < 4.78 is 75.6. The lowest BCUT2D eigenvalue weighted by molar-refractivity contribution is -0.291. The number of nitrogens with two attached hydrogens (primary N) is 1. The molecule has 0 aliphatic heterocycles. The van der Waals surface area contributed by atoms with Crippen LogP contribution < -0.4 is 11.3 Å². The van der Waals surface area contributed by atoms with E-state index in [0.717, 1.165) is 0 Å². The number of hydrogen-bond acceptors (Lipinski definition) is 2. The highest BCUT2D eigenvalue weighted by atomic mass is 35.5. The summed E-state index contributed by atoms with van der Waals surface area (Å²) >= 11 is 5.63. The molecule has 0 aliphatic carbocycles. The van der Waals surface area contributed by atoms with Crippen molar-refractivity contribution in [3.05, 3.63) is 34.9 Å². The fraction of sp³-hybridized carbons (Fsp3) is 0.455. The van der Waals surface area contributed by atoms with Crippen LogP contribution in [-0.2, 0) is 6.42 Å². The minimum atomic E-state index is -5.45. The second-order valence-corrected chi connectivity index (χ2v) is 4.60. The summed E-state index contributed by atoms with van der Waals surface area (Å²) in [5.41, 5.74) is 1.82. The molecule has 0 radical (unpaired) electrons. The second-order valence-electron chi connectivity index (χ2n) is 4.17. The van der Waals surface area contributed by atoms with Crippen LogP contribution in [0.3, 0.4) is 0 Å². The average molecular weight is 321 g/mol. The van der Waals surface area contributed by atoms with Crippen molar-refractivity contribution in [2.75, 3.05) is 0 Å². The summed E-state index contributed by atoms with van der Waals surface area (Å²) in [5, 5.41) is 0.217. The Morgan fingerprint density at radius 3 is 2.05 bits per heavy atom. The van der Waals surface area contributed by atoms with Crippen LogP contribution >= 0.6 is 11.6 Å². The molecule has 0 spiro atoms. The molecule has 0 saturated heterocycles. The normalized spacial score (nSPS) is 14.7. The molecule has 0 aromatic heterocycles. The number of hydrazine groups is 1. The Kier molecular flexibility index (Phi) is 5.28. The highest BCUT2D eigenvalue weighted by molar-refractivity contribution is 6.30. The molecule has 0 amide bonds. The fourth-order valence-electron chi connectivity index (χ4n) is 1.83. The van der Waals surface area contributed by atoms with Crippen molar-refractivity contribution in [1.29, 1.82) is 0 Å². The lowest BCUT2D eigenvalue weighted by atomic mass is 9.93. The van der Waals surface area contributed by atoms with Gasteiger partial charge in [0.1, 0.15) is 0 Å². The minimum absolute atomic E-state index is 0.217. The second kappa shape index (κ2) is 6.19. The fourth-order valence-corrected chi connectivity index (χ4v) is 2.05. The Balaban J connectivity index is 3.03. The Hall–Kier alpha value is -0.990. The van der Waals surface area contributed by atoms with E-state index in [1.165, 1.54) is 24.3 Å². The van der Waals surface area contributed by atoms with Gasteiger partial charge >= 0.3 is 12.4 Å². The molecule has 9 heteroatoms. The Bertz CT molecular complexity index is 431. The molecule has 2 nitrogen and oxygen atoms in total. The van der Waals surface area contributed by atoms with Gasteiger partial charge in [0.15, 0.2) is 5.92 Å². The van der Waals surface area contributed by atoms with Gasteiger partial charge in [0, 0.05) is 11.1 Å². The van der Waals surface area contributed by atoms with Gasteiger partial charge in [-0.25, -0.2) is 0 Å². The molecular weight excluding hydrogens is 310 g/mol. The molecule has 1 aromatic rings. The number of benzene rings is 1. The Morgan fingerprint density at radius 2 is 1.65 bits per heavy atom. The molecule has 20 heavy (non-hydrogen) atoms. The largest absolute Gasteiger partial charge is 0.402 e. The third-order valence-corrected chi connectivity index (χ3v) is 2.90. The van der Waals surface area contributed by atoms with Crippen molar-refractivity contribution in [3.8, 4) is 0 Å². The van der Waals surface area contributed by atoms with Crippen molar-refractivity contribution >= 4 is 11.6 Å². The van der Waals surface area contributed by atoms with Crippen LogP contribution in [0.15, 0.2) is 24.3 Å². The van der Waals surface area contributed by atoms with E-state index in [1.54, 1.807) is 5.43 Å². The number of alkyl halides is 6. The van der Waals surface area contributed by atoms with Gasteiger partial charge in [0.25, 0.3) is 0 Å². The van der Waals surface area contributed by atoms with Gasteiger partial charge in [-0.05, 0) is 24.1 Å². The SMILES string of the molecule is NNC(Cc1cccc(Cl)c1)C(C(F)(F)F)C(F)(F)F. The van der Waals surface area contributed by atoms with Gasteiger partial charge in [-0.3, -0.25) is 11.3 Å². The van der Waals surface area contributed by atoms with Crippen molar-refractivity contribution in [3.63, 3.8) is 0 Å². The van der Waals surface area contributed by atoms with Gasteiger partial charge < -0.3 is 0 Å². The van der Waals surface area contributed by atoms with Gasteiger partial charge in [-0.2, -0.15) is 26.3 Å². The van der Waals surface area contributed by atoms with Gasteiger partial charge in [0.05, 0.1) is 0 Å². The number of nitrogens with one attached hydrogen (secondary N) is 1. The molecule has 0 bridgehead atoms. The van der Waals surface area contributed by atoms with E-state index in [-0.39, 0.29) is 10.6 Å². The molecular formula is C11H11ClF6N2. The standard InChI is InChI=1S/C11H11ClF6N2/c12-7-3-1-2-6(4-7)5-8(20-19)9(10(13,14)15)11(16,17)18/h1-4,8-9,20H,5,19H2. The first-order chi connectivity index (χ1) is 9.05. The quantitative estimate of drug-likeness (QED) is 0.506. The highest BCUT2D eigenvalue weighted by Crippen LogP contribution is 2.42. The monoisotopic (exact) mass is 320 g/mol. The van der Waals surface area contributed by atoms with Crippen LogP contribution in [0.25, 0.3) is 0 Å². The zero-order chi connectivity index (χ0) is 15.6. The van der Waals surface area contributed by atoms with Gasteiger partial charge in [0.2, 0.25) is 0 Å². The average Bonchev–Trinajstić information content (AvgIpc) is 2.24. The van der Waals surface area contributed by atoms with Crippen molar-refractivity contribution in [1.82, 2.24) is 5.43 Å². The first-order valence-corrected chi connectivity index (χ1v) is 5.77. The van der Waals surface area contributed by atoms with Gasteiger partial charge in [-0.1, -0.05) is 23.7 Å². The summed E-state index contributed by atoms with van der Waals surface area (Å²) in [4.78, 5) is 0. The van der Waals surface area contributed by atoms with Crippen LogP contribution in [0, 0.1) is 5.92 Å². The van der Waals surface area contributed by atoms with Crippen LogP contribution in [0.2, 0.25) is 5.02 Å². The molecule has 0 heterocycles. The van der Waals surface area contributed by atoms with E-state index in [4.69, 9.17) is 17.4 Å². The number of halogens is 7. The van der Waals surface area contributed by atoms with E-state index in [1.807, 2.05) is 0 Å². The zero-order valence-electron chi connectivity index (χ0n) is 9.89. The third kappa shape index (κ3) is 4.53. The molecule has 0 aliphatic rings. The maximum atomic E-state index is 12.6. The van der Waals surface area contributed by atoms with Crippen LogP contribution in [-0.4, -0.2) is 18.4 Å². The molecule has 3 N–H and O–H groups in total. The summed E-state index contributed by atoms with van der Waals surface area (Å²) in [6.07, 6.45) is -11.5. The summed E-state index contributed by atoms with van der Waals surface area (Å²) in [7, 11) is 0. The lowest BCUT2D eigenvalue weighted by Gasteiger charge is -2.30. The Labute approximate surface area is 115 Å². The van der Waals surface area contributed by atoms with E-state index >= 15 is 0 Å². The molecule has 1 aromatic carbocycles. The molecule has 1 atom stereocenters. The van der Waals surface area contributed by atoms with Crippen LogP contribution in [0.4, 0.5) is 26.3 Å². The summed E-state index contributed by atoms with van der Waals surface area (Å²) in [6, 6.07) is 3.52. The topological polar surface area (TPSA) is 38.0 Å². The summed E-state index contributed by atoms with van der Waals surface area (Å²) in [5.74, 6) is 1.31. The number of rotatable bonds is 4. The molecule has 0 fully saturated rings. The molecule has 1 unspecified atom stereocenters. The minimum Gasteiger partial charge on any atom is -0.271 e. The third-order valence-electron chi connectivity index (χ3n) is 2.67. The van der Waals surface area contributed by atoms with Crippen LogP contribution in [0.1, 0.15) is 5.56 Å². The predicted molar refractivity (Wildman–Crippen MR) is 61.9 cm³/mol. The highest BCUT2D eigenvalue weighted by Gasteiger charge is 2.59. The summed E-state index contributed by atoms with van der Waals surface area (Å²) in [6.45, 7) is 0. The van der Waals surface area contributed by atoms with E-state index < -0.39 is 30.7 Å². The zero-order valence-corrected chi connectivity index (χ0v) is 10.7. The molecule has 0 saturated carbocycles. The maximum absolute atomic E-state index is 12.6. The van der Waals surface area contributed by atoms with Gasteiger partial charge in [-0.15, -0.1) is 0 Å². The van der Waals surface area contributed by atoms with Crippen molar-refractivity contribution in [2.24, 2.45) is 11.8 Å². The smallest absolute Gasteiger partial charge is 0.271 e. The van der Waals surface area contributed by atoms with Crippen molar-refractivity contribution in [2.45, 2.75) is 24.8 Å².